The number of rotatable bonds is 0. The summed E-state index contributed by atoms with van der Waals surface area (Å²) < 4.78 is 0. The van der Waals surface area contributed by atoms with Crippen LogP contribution in [0.25, 0.3) is 0 Å². The van der Waals surface area contributed by atoms with Gasteiger partial charge in [-0.05, 0) is 11.0 Å². The van der Waals surface area contributed by atoms with Crippen molar-refractivity contribution in [2.24, 2.45) is 0 Å². The van der Waals surface area contributed by atoms with E-state index in [9.17, 15) is 0 Å². The number of hydrogen-bond acceptors (Lipinski definition) is 0. The first-order valence-corrected chi connectivity index (χ1v) is 0. The van der Waals surface area contributed by atoms with Crippen LogP contribution in [0.5, 0.6) is 0 Å². The van der Waals surface area contributed by atoms with Crippen LogP contribution in [0.2, 0.25) is 0 Å². The molecule has 4 heavy (non-hydrogen) atoms. The molecule has 0 aromatic rings. The van der Waals surface area contributed by atoms with Crippen molar-refractivity contribution in [3.8, 4) is 0 Å². The van der Waals surface area contributed by atoms with Gasteiger partial charge in [0.1, 0.15) is 0 Å². The topological polar surface area (TPSA) is 0 Å². The Labute approximate surface area is 138 Å². The molecule has 0 aliphatic rings. The normalized spacial score (nSPS) is 0. The molecule has 0 unspecified atom stereocenters. The molecular weight excluding hydrogens is 293 g/mol. The van der Waals surface area contributed by atoms with E-state index in [0.717, 1.165) is 0 Å². The fourth-order valence-electron chi connectivity index (χ4n) is 0. The van der Waals surface area contributed by atoms with Gasteiger partial charge in [-0.2, -0.15) is 0 Å². The SMILES string of the molecule is [BaH2].[CaH2].[SiH4].[SrH2]. The monoisotopic (exact) mass is 304 g/mol. The van der Waals surface area contributed by atoms with Crippen molar-refractivity contribution in [2.75, 3.05) is 0 Å². The fourth-order valence-corrected chi connectivity index (χ4v) is 0. The van der Waals surface area contributed by atoms with Gasteiger partial charge in [-0.3, -0.25) is 0 Å². The Kier molecular flexibility index (Phi) is 92.2. The van der Waals surface area contributed by atoms with Gasteiger partial charge >= 0.3 is 132 Å². The van der Waals surface area contributed by atoms with Crippen LogP contribution in [0.3, 0.4) is 0 Å². The van der Waals surface area contributed by atoms with Crippen LogP contribution in [-0.2, 0) is 0 Å². The Morgan fingerprint density at radius 2 is 1.00 bits per heavy atom. The Hall–Kier alpha value is 4.53. The standard InChI is InChI=1S/Ba.Ca.H4Si.Sr.6H/h;;1H4;;;;;;;. The second-order valence-electron chi connectivity index (χ2n) is 0. The van der Waals surface area contributed by atoms with E-state index in [1.54, 1.807) is 0 Å². The summed E-state index contributed by atoms with van der Waals surface area (Å²) in [5, 5.41) is 0. The van der Waals surface area contributed by atoms with Crippen molar-refractivity contribution in [3.05, 3.63) is 0 Å². The van der Waals surface area contributed by atoms with Crippen molar-refractivity contribution >= 4 is 143 Å². The third-order valence-corrected chi connectivity index (χ3v) is 0. The van der Waals surface area contributed by atoms with E-state index in [4.69, 9.17) is 0 Å². The van der Waals surface area contributed by atoms with Crippen molar-refractivity contribution in [3.63, 3.8) is 0 Å². The van der Waals surface area contributed by atoms with Gasteiger partial charge in [0, 0.05) is 0 Å². The predicted octanol–water partition coefficient (Wildman–Crippen LogP) is -4.20. The van der Waals surface area contributed by atoms with Gasteiger partial charge < -0.3 is 0 Å². The number of hydrogen-bond donors (Lipinski definition) is 0. The fraction of sp³-hybridized carbons (Fsp3) is 0. The van der Waals surface area contributed by atoms with Crippen molar-refractivity contribution in [1.82, 2.24) is 0 Å². The second kappa shape index (κ2) is 15.6. The molecule has 0 atom stereocenters. The molecule has 0 amide bonds. The molecule has 0 saturated carbocycles. The molecule has 0 radical (unpaired) electrons. The molecule has 0 saturated heterocycles. The van der Waals surface area contributed by atoms with Gasteiger partial charge in [-0.1, -0.05) is 0 Å². The summed E-state index contributed by atoms with van der Waals surface area (Å²) in [4.78, 5) is 0. The van der Waals surface area contributed by atoms with Crippen LogP contribution in [0, 0.1) is 0 Å². The molecule has 4 heteroatoms. The van der Waals surface area contributed by atoms with E-state index >= 15 is 0 Å². The van der Waals surface area contributed by atoms with Gasteiger partial charge in [-0.15, -0.1) is 0 Å². The molecule has 0 aliphatic carbocycles. The molecule has 0 N–H and O–H groups in total. The predicted molar refractivity (Wildman–Crippen MR) is 37.0 cm³/mol. The molecular formula is H10BaCaSiSr. The Balaban J connectivity index is 0. The summed E-state index contributed by atoms with van der Waals surface area (Å²) in [6.45, 7) is 0. The summed E-state index contributed by atoms with van der Waals surface area (Å²) in [6, 6.07) is 0. The van der Waals surface area contributed by atoms with E-state index in [1.807, 2.05) is 0 Å². The molecule has 20 valence electrons. The molecule has 0 nitrogen and oxygen atoms in total. The van der Waals surface area contributed by atoms with Crippen LogP contribution in [-0.4, -0.2) is 143 Å². The quantitative estimate of drug-likeness (QED) is 0.398. The van der Waals surface area contributed by atoms with E-state index in [-0.39, 0.29) is 143 Å². The average molecular weight is 303 g/mol. The van der Waals surface area contributed by atoms with Gasteiger partial charge in [0.25, 0.3) is 0 Å². The van der Waals surface area contributed by atoms with E-state index in [2.05, 4.69) is 0 Å². The summed E-state index contributed by atoms with van der Waals surface area (Å²) in [5.41, 5.74) is 0. The zero-order valence-electron chi connectivity index (χ0n) is 0. The second-order valence-corrected chi connectivity index (χ2v) is 0. The molecule has 0 aromatic heterocycles. The summed E-state index contributed by atoms with van der Waals surface area (Å²) >= 11 is 0. The van der Waals surface area contributed by atoms with Gasteiger partial charge in [0.05, 0.1) is 0 Å². The van der Waals surface area contributed by atoms with E-state index in [0.29, 0.717) is 0 Å². The van der Waals surface area contributed by atoms with Crippen LogP contribution in [0.1, 0.15) is 0 Å². The van der Waals surface area contributed by atoms with E-state index < -0.39 is 0 Å². The maximum absolute atomic E-state index is 0. The third kappa shape index (κ3) is 9.73. The molecule has 0 spiro atoms. The van der Waals surface area contributed by atoms with Crippen LogP contribution in [0.4, 0.5) is 0 Å². The first-order valence-electron chi connectivity index (χ1n) is 0. The van der Waals surface area contributed by atoms with Crippen LogP contribution < -0.4 is 0 Å². The van der Waals surface area contributed by atoms with Gasteiger partial charge in [0.15, 0.2) is 0 Å². The zero-order valence-corrected chi connectivity index (χ0v) is 0. The van der Waals surface area contributed by atoms with Crippen molar-refractivity contribution in [1.29, 1.82) is 0 Å². The Bertz CT molecular complexity index is 8.00. The maximum atomic E-state index is 0. The van der Waals surface area contributed by atoms with Gasteiger partial charge in [-0.25, -0.2) is 0 Å². The summed E-state index contributed by atoms with van der Waals surface area (Å²) in [7, 11) is 0. The minimum atomic E-state index is 0. The molecule has 0 rings (SSSR count). The first kappa shape index (κ1) is 23.6. The van der Waals surface area contributed by atoms with Gasteiger partial charge in [0.2, 0.25) is 0 Å². The Morgan fingerprint density at radius 1 is 1.00 bits per heavy atom. The molecule has 0 bridgehead atoms. The Morgan fingerprint density at radius 3 is 1.00 bits per heavy atom. The average Bonchev–Trinajstić information content (AvgIpc) is 0. The molecule has 0 aliphatic heterocycles. The zero-order chi connectivity index (χ0) is 0. The summed E-state index contributed by atoms with van der Waals surface area (Å²) in [6.07, 6.45) is 0. The molecule has 0 fully saturated rings. The van der Waals surface area contributed by atoms with Crippen molar-refractivity contribution in [2.45, 2.75) is 0 Å². The van der Waals surface area contributed by atoms with E-state index in [1.165, 1.54) is 0 Å². The van der Waals surface area contributed by atoms with Crippen LogP contribution >= 0.6 is 0 Å². The van der Waals surface area contributed by atoms with Crippen LogP contribution in [0.15, 0.2) is 0 Å². The first-order chi connectivity index (χ1) is 0. The summed E-state index contributed by atoms with van der Waals surface area (Å²) in [5.74, 6) is 0. The molecule has 0 heterocycles. The third-order valence-electron chi connectivity index (χ3n) is 0. The minimum absolute atomic E-state index is 0. The molecule has 0 aromatic carbocycles. The van der Waals surface area contributed by atoms with Crippen molar-refractivity contribution < 1.29 is 0 Å².